The first kappa shape index (κ1) is 71.3. The van der Waals surface area contributed by atoms with Gasteiger partial charge in [-0.25, -0.2) is 0 Å². The molecule has 0 N–H and O–H groups in total. The zero-order valence-electron chi connectivity index (χ0n) is 21.5. The predicted molar refractivity (Wildman–Crippen MR) is 148 cm³/mol. The van der Waals surface area contributed by atoms with Gasteiger partial charge in [0, 0.05) is 0 Å². The van der Waals surface area contributed by atoms with Crippen molar-refractivity contribution in [2.45, 2.75) is 168 Å². The Kier molecular flexibility index (Phi) is 132. The van der Waals surface area contributed by atoms with Crippen LogP contribution in [0.3, 0.4) is 0 Å². The molecule has 184 valence electrons. The Morgan fingerprint density at radius 1 is 0.222 bits per heavy atom. The quantitative estimate of drug-likeness (QED) is 0.379. The van der Waals surface area contributed by atoms with Crippen LogP contribution in [0.5, 0.6) is 0 Å². The zero-order chi connectivity index (χ0) is 21.5. The maximum absolute atomic E-state index is 2.19. The minimum atomic E-state index is 0. The third-order valence-electron chi connectivity index (χ3n) is 0. The van der Waals surface area contributed by atoms with Crippen LogP contribution in [0.1, 0.15) is 168 Å². The summed E-state index contributed by atoms with van der Waals surface area (Å²) in [5.41, 5.74) is 1.50. The largest absolute Gasteiger partial charge is 0.0776 e. The monoisotopic (exact) mass is 401 g/mol. The molecular formula is C27H76. The van der Waals surface area contributed by atoms with Gasteiger partial charge in [0.2, 0.25) is 0 Å². The highest BCUT2D eigenvalue weighted by molar-refractivity contribution is 4.48. The highest BCUT2D eigenvalue weighted by Gasteiger charge is 1.96. The molecule has 0 heterocycles. The van der Waals surface area contributed by atoms with Crippen molar-refractivity contribution in [3.05, 3.63) is 0 Å². The molecule has 0 unspecified atom stereocenters. The van der Waals surface area contributed by atoms with E-state index < -0.39 is 0 Å². The molecule has 0 radical (unpaired) electrons. The average Bonchev–Trinajstić information content (AvgIpc) is 2.32. The Bertz CT molecular complexity index is 75.1. The predicted octanol–water partition coefficient (Wildman–Crippen LogP) is 12.8. The van der Waals surface area contributed by atoms with E-state index in [2.05, 4.69) is 83.1 Å². The Balaban J connectivity index is -0.0000000125. The summed E-state index contributed by atoms with van der Waals surface area (Å²) >= 11 is 0. The van der Waals surface area contributed by atoms with Crippen LogP contribution in [-0.2, 0) is 0 Å². The van der Waals surface area contributed by atoms with Crippen LogP contribution >= 0.6 is 0 Å². The van der Waals surface area contributed by atoms with Gasteiger partial charge in [0.15, 0.2) is 0 Å². The van der Waals surface area contributed by atoms with E-state index in [-0.39, 0.29) is 29.7 Å². The van der Waals surface area contributed by atoms with Gasteiger partial charge in [0.1, 0.15) is 0 Å². The third-order valence-corrected chi connectivity index (χ3v) is 0. The summed E-state index contributed by atoms with van der Waals surface area (Å²) in [6, 6.07) is 0. The van der Waals surface area contributed by atoms with Crippen LogP contribution in [0.25, 0.3) is 0 Å². The molecule has 0 aromatic rings. The maximum Gasteiger partial charge on any atom is -0.0411 e. The van der Waals surface area contributed by atoms with Crippen molar-refractivity contribution in [2.24, 2.45) is 16.2 Å². The second-order valence-electron chi connectivity index (χ2n) is 9.00. The van der Waals surface area contributed by atoms with E-state index in [1.807, 2.05) is 55.4 Å². The highest BCUT2D eigenvalue weighted by Crippen LogP contribution is 2.08. The van der Waals surface area contributed by atoms with Gasteiger partial charge >= 0.3 is 0 Å². The molecule has 0 atom stereocenters. The summed E-state index contributed by atoms with van der Waals surface area (Å²) in [6.07, 6.45) is 0. The molecule has 0 aliphatic rings. The minimum Gasteiger partial charge on any atom is -0.0776 e. The van der Waals surface area contributed by atoms with Crippen molar-refractivity contribution < 1.29 is 0 Å². The summed E-state index contributed by atoms with van der Waals surface area (Å²) in [4.78, 5) is 0. The third kappa shape index (κ3) is 0. The lowest BCUT2D eigenvalue weighted by Gasteiger charge is -2.05. The van der Waals surface area contributed by atoms with Crippen LogP contribution in [-0.4, -0.2) is 0 Å². The van der Waals surface area contributed by atoms with Gasteiger partial charge in [-0.15, -0.1) is 0 Å². The molecule has 0 bridgehead atoms. The molecule has 0 spiro atoms. The minimum absolute atomic E-state index is 0. The van der Waals surface area contributed by atoms with Crippen LogP contribution < -0.4 is 0 Å². The van der Waals surface area contributed by atoms with Gasteiger partial charge in [-0.3, -0.25) is 0 Å². The van der Waals surface area contributed by atoms with Crippen molar-refractivity contribution in [1.29, 1.82) is 0 Å². The second kappa shape index (κ2) is 50.2. The zero-order valence-corrected chi connectivity index (χ0v) is 21.5. The van der Waals surface area contributed by atoms with E-state index in [0.29, 0.717) is 16.2 Å². The second-order valence-corrected chi connectivity index (χ2v) is 9.00. The Labute approximate surface area is 184 Å². The van der Waals surface area contributed by atoms with E-state index in [1.54, 1.807) is 0 Å². The van der Waals surface area contributed by atoms with Crippen molar-refractivity contribution in [2.75, 3.05) is 0 Å². The number of hydrogen-bond donors (Lipinski definition) is 0. The Morgan fingerprint density at radius 2 is 0.222 bits per heavy atom. The average molecular weight is 401 g/mol. The molecule has 0 saturated carbocycles. The molecule has 0 aliphatic heterocycles. The van der Waals surface area contributed by atoms with E-state index >= 15 is 0 Å². The molecular weight excluding hydrogens is 324 g/mol. The Hall–Kier alpha value is 0. The molecule has 27 heavy (non-hydrogen) atoms. The smallest absolute Gasteiger partial charge is 0.0411 e. The first-order chi connectivity index (χ1) is 10.0. The molecule has 0 heteroatoms. The summed E-state index contributed by atoms with van der Waals surface area (Å²) < 4.78 is 0. The van der Waals surface area contributed by atoms with Crippen LogP contribution in [0.15, 0.2) is 0 Å². The van der Waals surface area contributed by atoms with Gasteiger partial charge < -0.3 is 0 Å². The fourth-order valence-electron chi connectivity index (χ4n) is 0. The van der Waals surface area contributed by atoms with Gasteiger partial charge in [-0.1, -0.05) is 168 Å². The molecule has 0 rings (SSSR count). The lowest BCUT2D eigenvalue weighted by Crippen LogP contribution is -1.93. The summed E-state index contributed by atoms with van der Waals surface area (Å²) in [7, 11) is 0. The topological polar surface area (TPSA) is 0 Å². The Morgan fingerprint density at radius 3 is 0.222 bits per heavy atom. The number of rotatable bonds is 0. The van der Waals surface area contributed by atoms with Crippen LogP contribution in [0.4, 0.5) is 0 Å². The van der Waals surface area contributed by atoms with Gasteiger partial charge in [0.05, 0.1) is 0 Å². The lowest BCUT2D eigenvalue weighted by molar-refractivity contribution is 0.469. The van der Waals surface area contributed by atoms with Crippen molar-refractivity contribution in [1.82, 2.24) is 0 Å². The van der Waals surface area contributed by atoms with Crippen LogP contribution in [0.2, 0.25) is 0 Å². The molecule has 0 nitrogen and oxygen atoms in total. The highest BCUT2D eigenvalue weighted by atomic mass is 14.0. The van der Waals surface area contributed by atoms with E-state index in [4.69, 9.17) is 0 Å². The first-order valence-corrected chi connectivity index (χ1v) is 10.0. The molecule has 0 fully saturated rings. The molecule has 0 aromatic carbocycles. The van der Waals surface area contributed by atoms with Crippen molar-refractivity contribution in [3.8, 4) is 0 Å². The van der Waals surface area contributed by atoms with Crippen molar-refractivity contribution in [3.63, 3.8) is 0 Å². The van der Waals surface area contributed by atoms with E-state index in [1.165, 1.54) is 0 Å². The molecule has 0 aliphatic carbocycles. The standard InChI is InChI=1S/3C5H12.4C2H6.4CH4/c3*1-5(2,3)4;4*1-2;;;;/h3*1-4H3;4*1-2H3;4*1H4. The van der Waals surface area contributed by atoms with Gasteiger partial charge in [-0.2, -0.15) is 0 Å². The SMILES string of the molecule is C.C.C.C.CC.CC.CC.CC.CC(C)(C)C.CC(C)(C)C.CC(C)(C)C. The molecule has 0 aromatic heterocycles. The van der Waals surface area contributed by atoms with Crippen LogP contribution in [0, 0.1) is 16.2 Å². The first-order valence-electron chi connectivity index (χ1n) is 10.0. The maximum atomic E-state index is 2.19. The van der Waals surface area contributed by atoms with Crippen molar-refractivity contribution >= 4 is 0 Å². The van der Waals surface area contributed by atoms with E-state index in [0.717, 1.165) is 0 Å². The molecule has 0 saturated heterocycles. The van der Waals surface area contributed by atoms with E-state index in [9.17, 15) is 0 Å². The summed E-state index contributed by atoms with van der Waals surface area (Å²) in [6.45, 7) is 42.2. The number of hydrogen-bond acceptors (Lipinski definition) is 0. The van der Waals surface area contributed by atoms with Gasteiger partial charge in [-0.05, 0) is 16.2 Å². The summed E-state index contributed by atoms with van der Waals surface area (Å²) in [5, 5.41) is 0. The molecule has 0 amide bonds. The summed E-state index contributed by atoms with van der Waals surface area (Å²) in [5.74, 6) is 0. The fourth-order valence-corrected chi connectivity index (χ4v) is 0. The normalized spacial score (nSPS) is 7.56. The van der Waals surface area contributed by atoms with Gasteiger partial charge in [0.25, 0.3) is 0 Å². The fraction of sp³-hybridized carbons (Fsp3) is 1.00. The lowest BCUT2D eigenvalue weighted by atomic mass is 10.0.